The van der Waals surface area contributed by atoms with Crippen molar-refractivity contribution in [2.75, 3.05) is 23.7 Å². The Morgan fingerprint density at radius 3 is 2.88 bits per heavy atom. The van der Waals surface area contributed by atoms with Crippen molar-refractivity contribution in [1.29, 1.82) is 0 Å². The standard InChI is InChI=1S/C11H17FN4/c1-2-8-5-6-16(7-9(8)12)11-4-3-10(13)14-15-11/h3-4,8-9H,2,5-7H2,1H3,(H2,13,14)/t8-,9-/m1/s1. The summed E-state index contributed by atoms with van der Waals surface area (Å²) in [6.07, 6.45) is 1.02. The molecular formula is C11H17FN4. The molecule has 0 aromatic carbocycles. The van der Waals surface area contributed by atoms with Gasteiger partial charge in [0.15, 0.2) is 5.82 Å². The molecule has 88 valence electrons. The Labute approximate surface area is 94.7 Å². The summed E-state index contributed by atoms with van der Waals surface area (Å²) in [5, 5.41) is 7.75. The van der Waals surface area contributed by atoms with Gasteiger partial charge in [-0.1, -0.05) is 13.3 Å². The predicted molar refractivity (Wildman–Crippen MR) is 62.0 cm³/mol. The highest BCUT2D eigenvalue weighted by molar-refractivity contribution is 5.41. The fourth-order valence-electron chi connectivity index (χ4n) is 2.13. The Bertz CT molecular complexity index is 340. The Kier molecular flexibility index (Phi) is 3.22. The molecule has 2 N–H and O–H groups in total. The zero-order valence-electron chi connectivity index (χ0n) is 9.43. The minimum Gasteiger partial charge on any atom is -0.382 e. The van der Waals surface area contributed by atoms with E-state index >= 15 is 0 Å². The van der Waals surface area contributed by atoms with Crippen LogP contribution in [0.3, 0.4) is 0 Å². The van der Waals surface area contributed by atoms with Crippen molar-refractivity contribution in [1.82, 2.24) is 10.2 Å². The number of piperidine rings is 1. The van der Waals surface area contributed by atoms with Gasteiger partial charge in [0, 0.05) is 6.54 Å². The van der Waals surface area contributed by atoms with E-state index in [0.29, 0.717) is 18.2 Å². The van der Waals surface area contributed by atoms with Crippen LogP contribution in [0.25, 0.3) is 0 Å². The van der Waals surface area contributed by atoms with Crippen molar-refractivity contribution in [2.24, 2.45) is 5.92 Å². The zero-order valence-corrected chi connectivity index (χ0v) is 9.43. The summed E-state index contributed by atoms with van der Waals surface area (Å²) in [5.74, 6) is 1.30. The third-order valence-corrected chi connectivity index (χ3v) is 3.20. The zero-order chi connectivity index (χ0) is 11.5. The molecule has 1 aliphatic rings. The van der Waals surface area contributed by atoms with Crippen LogP contribution in [0.4, 0.5) is 16.0 Å². The molecule has 2 atom stereocenters. The highest BCUT2D eigenvalue weighted by Gasteiger charge is 2.28. The average molecular weight is 224 g/mol. The van der Waals surface area contributed by atoms with Gasteiger partial charge >= 0.3 is 0 Å². The lowest BCUT2D eigenvalue weighted by atomic mass is 9.92. The molecule has 0 unspecified atom stereocenters. The van der Waals surface area contributed by atoms with Gasteiger partial charge in [0.05, 0.1) is 6.54 Å². The summed E-state index contributed by atoms with van der Waals surface area (Å²) in [5.41, 5.74) is 5.46. The molecule has 1 aliphatic heterocycles. The van der Waals surface area contributed by atoms with Crippen LogP contribution in [0.5, 0.6) is 0 Å². The van der Waals surface area contributed by atoms with Gasteiger partial charge in [-0.15, -0.1) is 10.2 Å². The molecule has 1 fully saturated rings. The molecule has 1 aromatic heterocycles. The summed E-state index contributed by atoms with van der Waals surface area (Å²) in [6.45, 7) is 3.30. The van der Waals surface area contributed by atoms with E-state index in [1.165, 1.54) is 0 Å². The van der Waals surface area contributed by atoms with Crippen molar-refractivity contribution >= 4 is 11.6 Å². The first kappa shape index (κ1) is 11.1. The van der Waals surface area contributed by atoms with Gasteiger partial charge in [-0.25, -0.2) is 4.39 Å². The van der Waals surface area contributed by atoms with Gasteiger partial charge in [0.25, 0.3) is 0 Å². The van der Waals surface area contributed by atoms with E-state index in [0.717, 1.165) is 19.4 Å². The van der Waals surface area contributed by atoms with Gasteiger partial charge in [-0.3, -0.25) is 0 Å². The molecule has 0 aliphatic carbocycles. The van der Waals surface area contributed by atoms with Crippen molar-refractivity contribution < 1.29 is 4.39 Å². The molecule has 0 radical (unpaired) electrons. The van der Waals surface area contributed by atoms with E-state index in [1.54, 1.807) is 12.1 Å². The largest absolute Gasteiger partial charge is 0.382 e. The van der Waals surface area contributed by atoms with E-state index in [2.05, 4.69) is 10.2 Å². The Morgan fingerprint density at radius 2 is 2.31 bits per heavy atom. The van der Waals surface area contributed by atoms with Crippen LogP contribution in [-0.2, 0) is 0 Å². The molecule has 1 aromatic rings. The second-order valence-electron chi connectivity index (χ2n) is 4.24. The monoisotopic (exact) mass is 224 g/mol. The SMILES string of the molecule is CC[C@@H]1CCN(c2ccc(N)nn2)C[C@H]1F. The van der Waals surface area contributed by atoms with Crippen LogP contribution in [0.2, 0.25) is 0 Å². The van der Waals surface area contributed by atoms with Crippen LogP contribution in [0, 0.1) is 5.92 Å². The molecule has 0 spiro atoms. The fourth-order valence-corrected chi connectivity index (χ4v) is 2.13. The molecule has 2 rings (SSSR count). The smallest absolute Gasteiger partial charge is 0.151 e. The topological polar surface area (TPSA) is 55.0 Å². The van der Waals surface area contributed by atoms with Crippen LogP contribution in [-0.4, -0.2) is 29.5 Å². The van der Waals surface area contributed by atoms with Gasteiger partial charge in [-0.05, 0) is 24.5 Å². The second kappa shape index (κ2) is 4.63. The maximum absolute atomic E-state index is 13.7. The number of nitrogens with two attached hydrogens (primary N) is 1. The Balaban J connectivity index is 2.04. The summed E-state index contributed by atoms with van der Waals surface area (Å²) in [7, 11) is 0. The molecule has 0 amide bonds. The molecule has 0 saturated carbocycles. The first-order chi connectivity index (χ1) is 7.70. The number of halogens is 1. The maximum Gasteiger partial charge on any atom is 0.151 e. The van der Waals surface area contributed by atoms with Gasteiger partial charge in [-0.2, -0.15) is 0 Å². The number of anilines is 2. The van der Waals surface area contributed by atoms with Crippen LogP contribution < -0.4 is 10.6 Å². The number of alkyl halides is 1. The summed E-state index contributed by atoms with van der Waals surface area (Å²) in [4.78, 5) is 1.93. The molecule has 2 heterocycles. The number of rotatable bonds is 2. The minimum absolute atomic E-state index is 0.193. The Hall–Kier alpha value is -1.39. The molecule has 4 nitrogen and oxygen atoms in total. The number of aromatic nitrogens is 2. The van der Waals surface area contributed by atoms with Crippen LogP contribution in [0.1, 0.15) is 19.8 Å². The van der Waals surface area contributed by atoms with Crippen LogP contribution in [0.15, 0.2) is 12.1 Å². The first-order valence-electron chi connectivity index (χ1n) is 5.69. The van der Waals surface area contributed by atoms with Crippen molar-refractivity contribution in [3.8, 4) is 0 Å². The van der Waals surface area contributed by atoms with E-state index < -0.39 is 6.17 Å². The lowest BCUT2D eigenvalue weighted by molar-refractivity contribution is 0.192. The second-order valence-corrected chi connectivity index (χ2v) is 4.24. The fraction of sp³-hybridized carbons (Fsp3) is 0.636. The average Bonchev–Trinajstić information content (AvgIpc) is 2.30. The van der Waals surface area contributed by atoms with E-state index in [9.17, 15) is 4.39 Å². The predicted octanol–water partition coefficient (Wildman–Crippen LogP) is 1.63. The Morgan fingerprint density at radius 1 is 1.50 bits per heavy atom. The van der Waals surface area contributed by atoms with Gasteiger partial charge in [0.1, 0.15) is 12.0 Å². The number of nitrogen functional groups attached to an aromatic ring is 1. The summed E-state index contributed by atoms with van der Waals surface area (Å²) >= 11 is 0. The molecular weight excluding hydrogens is 207 g/mol. The summed E-state index contributed by atoms with van der Waals surface area (Å²) in [6, 6.07) is 3.49. The van der Waals surface area contributed by atoms with Crippen molar-refractivity contribution in [2.45, 2.75) is 25.9 Å². The van der Waals surface area contributed by atoms with E-state index in [1.807, 2.05) is 11.8 Å². The van der Waals surface area contributed by atoms with Crippen molar-refractivity contribution in [3.63, 3.8) is 0 Å². The highest BCUT2D eigenvalue weighted by Crippen LogP contribution is 2.26. The molecule has 0 bridgehead atoms. The number of nitrogens with zero attached hydrogens (tertiary/aromatic N) is 3. The van der Waals surface area contributed by atoms with Gasteiger partial charge < -0.3 is 10.6 Å². The normalized spacial score (nSPS) is 25.8. The minimum atomic E-state index is -0.766. The number of hydrogen-bond acceptors (Lipinski definition) is 4. The first-order valence-corrected chi connectivity index (χ1v) is 5.69. The van der Waals surface area contributed by atoms with E-state index in [-0.39, 0.29) is 5.92 Å². The molecule has 16 heavy (non-hydrogen) atoms. The summed E-state index contributed by atoms with van der Waals surface area (Å²) < 4.78 is 13.7. The van der Waals surface area contributed by atoms with Crippen LogP contribution >= 0.6 is 0 Å². The lowest BCUT2D eigenvalue weighted by Crippen LogP contribution is -2.42. The molecule has 1 saturated heterocycles. The highest BCUT2D eigenvalue weighted by atomic mass is 19.1. The molecule has 5 heteroatoms. The van der Waals surface area contributed by atoms with Crippen molar-refractivity contribution in [3.05, 3.63) is 12.1 Å². The quantitative estimate of drug-likeness (QED) is 0.829. The van der Waals surface area contributed by atoms with Gasteiger partial charge in [0.2, 0.25) is 0 Å². The van der Waals surface area contributed by atoms with E-state index in [4.69, 9.17) is 5.73 Å². The number of hydrogen-bond donors (Lipinski definition) is 1. The third kappa shape index (κ3) is 2.23. The third-order valence-electron chi connectivity index (χ3n) is 3.20. The maximum atomic E-state index is 13.7. The lowest BCUT2D eigenvalue weighted by Gasteiger charge is -2.34.